The second-order valence-corrected chi connectivity index (χ2v) is 6.23. The molecule has 0 saturated heterocycles. The molecule has 0 amide bonds. The summed E-state index contributed by atoms with van der Waals surface area (Å²) in [7, 11) is 0. The second kappa shape index (κ2) is 5.87. The summed E-state index contributed by atoms with van der Waals surface area (Å²) >= 11 is 0. The molecule has 0 aliphatic carbocycles. The van der Waals surface area contributed by atoms with Crippen LogP contribution in [0.25, 0.3) is 28.2 Å². The van der Waals surface area contributed by atoms with Crippen molar-refractivity contribution in [1.82, 2.24) is 24.7 Å². The van der Waals surface area contributed by atoms with Gasteiger partial charge in [-0.3, -0.25) is 4.79 Å². The standard InChI is InChI=1S/C19H16FN5O/c1-10-8-11(2)22-19(21-10)25-18-17(12(3)24-25)16(26)9-15(23-18)13-4-6-14(20)7-5-13/h4-9H,1-3H3,(H,23,26). The zero-order chi connectivity index (χ0) is 18.4. The lowest BCUT2D eigenvalue weighted by Gasteiger charge is -2.06. The Balaban J connectivity index is 2.00. The molecule has 0 atom stereocenters. The highest BCUT2D eigenvalue weighted by atomic mass is 19.1. The Morgan fingerprint density at radius 3 is 2.31 bits per heavy atom. The third-order valence-corrected chi connectivity index (χ3v) is 4.15. The monoisotopic (exact) mass is 349 g/mol. The average Bonchev–Trinajstić information content (AvgIpc) is 2.92. The molecule has 0 spiro atoms. The van der Waals surface area contributed by atoms with E-state index in [1.807, 2.05) is 19.9 Å². The molecule has 4 rings (SSSR count). The Kier molecular flexibility index (Phi) is 3.64. The maximum absolute atomic E-state index is 13.2. The van der Waals surface area contributed by atoms with E-state index in [2.05, 4.69) is 20.1 Å². The number of H-pyrrole nitrogens is 1. The predicted octanol–water partition coefficient (Wildman–Crippen LogP) is 3.24. The van der Waals surface area contributed by atoms with E-state index in [4.69, 9.17) is 0 Å². The van der Waals surface area contributed by atoms with Crippen LogP contribution in [0.1, 0.15) is 17.1 Å². The number of aromatic amines is 1. The largest absolute Gasteiger partial charge is 0.339 e. The summed E-state index contributed by atoms with van der Waals surface area (Å²) in [6, 6.07) is 9.31. The minimum Gasteiger partial charge on any atom is -0.339 e. The lowest BCUT2D eigenvalue weighted by molar-refractivity contribution is 0.628. The third-order valence-electron chi connectivity index (χ3n) is 4.15. The van der Waals surface area contributed by atoms with Crippen LogP contribution in [0, 0.1) is 26.6 Å². The maximum Gasteiger partial charge on any atom is 0.252 e. The van der Waals surface area contributed by atoms with E-state index < -0.39 is 0 Å². The number of fused-ring (bicyclic) bond motifs is 1. The minimum atomic E-state index is -0.332. The minimum absolute atomic E-state index is 0.161. The Labute approximate surface area is 148 Å². The van der Waals surface area contributed by atoms with Crippen molar-refractivity contribution in [3.63, 3.8) is 0 Å². The van der Waals surface area contributed by atoms with Crippen LogP contribution in [0.2, 0.25) is 0 Å². The van der Waals surface area contributed by atoms with Crippen LogP contribution in [0.4, 0.5) is 4.39 Å². The number of nitrogens with zero attached hydrogens (tertiary/aromatic N) is 4. The molecule has 0 aliphatic heterocycles. The number of rotatable bonds is 2. The van der Waals surface area contributed by atoms with Gasteiger partial charge in [0.2, 0.25) is 0 Å². The molecule has 0 saturated carbocycles. The van der Waals surface area contributed by atoms with E-state index in [0.717, 1.165) is 11.4 Å². The molecule has 0 aliphatic rings. The molecular formula is C19H16FN5O. The number of hydrogen-bond donors (Lipinski definition) is 1. The quantitative estimate of drug-likeness (QED) is 0.603. The lowest BCUT2D eigenvalue weighted by Crippen LogP contribution is -2.08. The molecule has 130 valence electrons. The molecule has 1 aromatic carbocycles. The molecule has 0 bridgehead atoms. The Morgan fingerprint density at radius 1 is 1.00 bits per heavy atom. The third kappa shape index (κ3) is 2.67. The zero-order valence-electron chi connectivity index (χ0n) is 14.5. The molecule has 1 N–H and O–H groups in total. The summed E-state index contributed by atoms with van der Waals surface area (Å²) in [6.45, 7) is 5.53. The van der Waals surface area contributed by atoms with Gasteiger partial charge in [0.25, 0.3) is 5.95 Å². The van der Waals surface area contributed by atoms with Crippen LogP contribution in [0.3, 0.4) is 0 Å². The van der Waals surface area contributed by atoms with Crippen molar-refractivity contribution in [3.05, 3.63) is 69.5 Å². The first-order valence-corrected chi connectivity index (χ1v) is 8.13. The summed E-state index contributed by atoms with van der Waals surface area (Å²) in [5, 5.41) is 4.94. The molecule has 6 nitrogen and oxygen atoms in total. The predicted molar refractivity (Wildman–Crippen MR) is 96.9 cm³/mol. The molecule has 3 aromatic heterocycles. The zero-order valence-corrected chi connectivity index (χ0v) is 14.5. The van der Waals surface area contributed by atoms with Crippen molar-refractivity contribution in [2.75, 3.05) is 0 Å². The summed E-state index contributed by atoms with van der Waals surface area (Å²) in [5.74, 6) is 0.0641. The van der Waals surface area contributed by atoms with Crippen molar-refractivity contribution in [2.24, 2.45) is 0 Å². The first-order chi connectivity index (χ1) is 12.4. The van der Waals surface area contributed by atoms with E-state index >= 15 is 0 Å². The van der Waals surface area contributed by atoms with E-state index in [1.54, 1.807) is 23.7 Å². The number of halogens is 1. The molecular weight excluding hydrogens is 333 g/mol. The van der Waals surface area contributed by atoms with Gasteiger partial charge in [-0.05, 0) is 56.7 Å². The van der Waals surface area contributed by atoms with Crippen LogP contribution in [-0.2, 0) is 0 Å². The van der Waals surface area contributed by atoms with Crippen LogP contribution in [0.5, 0.6) is 0 Å². The van der Waals surface area contributed by atoms with Gasteiger partial charge in [-0.25, -0.2) is 14.4 Å². The van der Waals surface area contributed by atoms with E-state index in [-0.39, 0.29) is 11.2 Å². The fraction of sp³-hybridized carbons (Fsp3) is 0.158. The van der Waals surface area contributed by atoms with Crippen LogP contribution >= 0.6 is 0 Å². The van der Waals surface area contributed by atoms with Crippen molar-refractivity contribution in [3.8, 4) is 17.2 Å². The van der Waals surface area contributed by atoms with Gasteiger partial charge >= 0.3 is 0 Å². The Hall–Kier alpha value is -3.35. The number of nitrogens with one attached hydrogen (secondary N) is 1. The van der Waals surface area contributed by atoms with Gasteiger partial charge in [-0.2, -0.15) is 9.78 Å². The van der Waals surface area contributed by atoms with E-state index in [1.165, 1.54) is 18.2 Å². The number of hydrogen-bond acceptors (Lipinski definition) is 4. The van der Waals surface area contributed by atoms with Crippen LogP contribution in [-0.4, -0.2) is 24.7 Å². The molecule has 4 aromatic rings. The summed E-state index contributed by atoms with van der Waals surface area (Å²) in [4.78, 5) is 24.7. The number of pyridine rings is 1. The SMILES string of the molecule is Cc1cc(C)nc(-n2nc(C)c3c(=O)cc(-c4ccc(F)cc4)[nH]c32)n1. The highest BCUT2D eigenvalue weighted by Crippen LogP contribution is 2.21. The average molecular weight is 349 g/mol. The van der Waals surface area contributed by atoms with Crippen molar-refractivity contribution >= 4 is 11.0 Å². The molecule has 0 fully saturated rings. The van der Waals surface area contributed by atoms with Gasteiger partial charge in [0.05, 0.1) is 16.8 Å². The van der Waals surface area contributed by atoms with Gasteiger partial charge in [0, 0.05) is 17.5 Å². The van der Waals surface area contributed by atoms with Gasteiger partial charge in [0.15, 0.2) is 5.43 Å². The van der Waals surface area contributed by atoms with Gasteiger partial charge in [-0.15, -0.1) is 0 Å². The molecule has 0 radical (unpaired) electrons. The van der Waals surface area contributed by atoms with E-state index in [9.17, 15) is 9.18 Å². The van der Waals surface area contributed by atoms with Crippen LogP contribution in [0.15, 0.2) is 41.2 Å². The lowest BCUT2D eigenvalue weighted by atomic mass is 10.1. The Morgan fingerprint density at radius 2 is 1.65 bits per heavy atom. The molecule has 7 heteroatoms. The Bertz CT molecular complexity index is 1170. The second-order valence-electron chi connectivity index (χ2n) is 6.23. The highest BCUT2D eigenvalue weighted by molar-refractivity contribution is 5.82. The molecule has 26 heavy (non-hydrogen) atoms. The van der Waals surface area contributed by atoms with Crippen molar-refractivity contribution in [2.45, 2.75) is 20.8 Å². The van der Waals surface area contributed by atoms with Crippen molar-refractivity contribution < 1.29 is 4.39 Å². The topological polar surface area (TPSA) is 76.5 Å². The van der Waals surface area contributed by atoms with Gasteiger partial charge < -0.3 is 4.98 Å². The van der Waals surface area contributed by atoms with E-state index in [0.29, 0.717) is 33.9 Å². The smallest absolute Gasteiger partial charge is 0.252 e. The normalized spacial score (nSPS) is 11.2. The maximum atomic E-state index is 13.2. The fourth-order valence-electron chi connectivity index (χ4n) is 3.04. The fourth-order valence-corrected chi connectivity index (χ4v) is 3.04. The summed E-state index contributed by atoms with van der Waals surface area (Å²) in [5.41, 5.74) is 3.85. The number of benzene rings is 1. The van der Waals surface area contributed by atoms with Gasteiger partial charge in [-0.1, -0.05) is 0 Å². The summed E-state index contributed by atoms with van der Waals surface area (Å²) in [6.07, 6.45) is 0. The number of aryl methyl sites for hydroxylation is 3. The number of aromatic nitrogens is 5. The first-order valence-electron chi connectivity index (χ1n) is 8.13. The molecule has 3 heterocycles. The van der Waals surface area contributed by atoms with Crippen molar-refractivity contribution in [1.29, 1.82) is 0 Å². The van der Waals surface area contributed by atoms with Gasteiger partial charge in [0.1, 0.15) is 11.5 Å². The molecule has 0 unspecified atom stereocenters. The summed E-state index contributed by atoms with van der Waals surface area (Å²) < 4.78 is 14.7. The highest BCUT2D eigenvalue weighted by Gasteiger charge is 2.16. The first kappa shape index (κ1) is 16.1. The van der Waals surface area contributed by atoms with Crippen LogP contribution < -0.4 is 5.43 Å².